The SMILES string of the molecule is CCCC(C)(C)CC[NH]. The topological polar surface area (TPSA) is 23.8 Å². The van der Waals surface area contributed by atoms with Crippen LogP contribution in [0.15, 0.2) is 0 Å². The molecule has 0 unspecified atom stereocenters. The summed E-state index contributed by atoms with van der Waals surface area (Å²) in [7, 11) is 0. The first-order valence-electron chi connectivity index (χ1n) is 3.77. The molecule has 0 spiro atoms. The lowest BCUT2D eigenvalue weighted by atomic mass is 9.85. The van der Waals surface area contributed by atoms with E-state index in [-0.39, 0.29) is 0 Å². The monoisotopic (exact) mass is 128 g/mol. The molecule has 0 aliphatic rings. The lowest BCUT2D eigenvalue weighted by molar-refractivity contribution is 0.308. The van der Waals surface area contributed by atoms with Crippen molar-refractivity contribution >= 4 is 0 Å². The molecular weight excluding hydrogens is 110 g/mol. The molecule has 1 heteroatoms. The molecule has 55 valence electrons. The molecular formula is C8H18N. The lowest BCUT2D eigenvalue weighted by Gasteiger charge is -2.22. The molecule has 0 atom stereocenters. The van der Waals surface area contributed by atoms with E-state index in [2.05, 4.69) is 20.8 Å². The minimum Gasteiger partial charge on any atom is -0.258 e. The Kier molecular flexibility index (Phi) is 3.87. The Morgan fingerprint density at radius 3 is 2.11 bits per heavy atom. The minimum atomic E-state index is 0.413. The number of hydrogen-bond donors (Lipinski definition) is 0. The van der Waals surface area contributed by atoms with Crippen LogP contribution in [0.4, 0.5) is 0 Å². The van der Waals surface area contributed by atoms with E-state index in [1.807, 2.05) is 0 Å². The average molecular weight is 128 g/mol. The summed E-state index contributed by atoms with van der Waals surface area (Å²) in [6.45, 7) is 7.26. The van der Waals surface area contributed by atoms with Gasteiger partial charge in [-0.15, -0.1) is 0 Å². The van der Waals surface area contributed by atoms with Gasteiger partial charge in [0.25, 0.3) is 0 Å². The maximum atomic E-state index is 7.04. The first kappa shape index (κ1) is 8.96. The van der Waals surface area contributed by atoms with Crippen LogP contribution in [0, 0.1) is 5.41 Å². The molecule has 0 rings (SSSR count). The summed E-state index contributed by atoms with van der Waals surface area (Å²) in [4.78, 5) is 0. The van der Waals surface area contributed by atoms with Crippen LogP contribution < -0.4 is 5.73 Å². The van der Waals surface area contributed by atoms with E-state index in [9.17, 15) is 0 Å². The third-order valence-electron chi connectivity index (χ3n) is 1.73. The van der Waals surface area contributed by atoms with Crippen molar-refractivity contribution < 1.29 is 0 Å². The largest absolute Gasteiger partial charge is 0.258 e. The van der Waals surface area contributed by atoms with Crippen LogP contribution >= 0.6 is 0 Å². The van der Waals surface area contributed by atoms with Gasteiger partial charge in [0.2, 0.25) is 0 Å². The van der Waals surface area contributed by atoms with Gasteiger partial charge in [-0.2, -0.15) is 0 Å². The fourth-order valence-corrected chi connectivity index (χ4v) is 1.14. The van der Waals surface area contributed by atoms with E-state index >= 15 is 0 Å². The molecule has 0 amide bonds. The number of rotatable bonds is 4. The van der Waals surface area contributed by atoms with Crippen LogP contribution in [0.3, 0.4) is 0 Å². The van der Waals surface area contributed by atoms with E-state index < -0.39 is 0 Å². The van der Waals surface area contributed by atoms with Crippen molar-refractivity contribution in [3.05, 3.63) is 0 Å². The van der Waals surface area contributed by atoms with E-state index in [4.69, 9.17) is 5.73 Å². The van der Waals surface area contributed by atoms with Gasteiger partial charge in [0.1, 0.15) is 0 Å². The van der Waals surface area contributed by atoms with Crippen LogP contribution in [0.5, 0.6) is 0 Å². The molecule has 9 heavy (non-hydrogen) atoms. The van der Waals surface area contributed by atoms with Gasteiger partial charge in [-0.3, -0.25) is 5.73 Å². The van der Waals surface area contributed by atoms with Gasteiger partial charge >= 0.3 is 0 Å². The third kappa shape index (κ3) is 4.46. The number of nitrogens with one attached hydrogen (secondary N) is 1. The Labute approximate surface area is 58.6 Å². The van der Waals surface area contributed by atoms with E-state index in [0.717, 1.165) is 6.42 Å². The molecule has 1 radical (unpaired) electrons. The van der Waals surface area contributed by atoms with Gasteiger partial charge in [-0.05, 0) is 18.3 Å². The summed E-state index contributed by atoms with van der Waals surface area (Å²) < 4.78 is 0. The van der Waals surface area contributed by atoms with Crippen molar-refractivity contribution in [3.63, 3.8) is 0 Å². The maximum Gasteiger partial charge on any atom is 0.0105 e. The van der Waals surface area contributed by atoms with Gasteiger partial charge in [0, 0.05) is 6.54 Å². The van der Waals surface area contributed by atoms with Crippen LogP contribution in [0.25, 0.3) is 0 Å². The Morgan fingerprint density at radius 1 is 1.22 bits per heavy atom. The highest BCUT2D eigenvalue weighted by molar-refractivity contribution is 4.67. The smallest absolute Gasteiger partial charge is 0.0105 e. The molecule has 1 N–H and O–H groups in total. The normalized spacial score (nSPS) is 12.0. The zero-order chi connectivity index (χ0) is 7.33. The minimum absolute atomic E-state index is 0.413. The van der Waals surface area contributed by atoms with Crippen LogP contribution in [0.1, 0.15) is 40.0 Å². The fourth-order valence-electron chi connectivity index (χ4n) is 1.14. The molecule has 0 bridgehead atoms. The second kappa shape index (κ2) is 3.89. The Hall–Kier alpha value is -0.0400. The summed E-state index contributed by atoms with van der Waals surface area (Å²) in [6.07, 6.45) is 3.54. The molecule has 0 heterocycles. The third-order valence-corrected chi connectivity index (χ3v) is 1.73. The van der Waals surface area contributed by atoms with Crippen molar-refractivity contribution in [1.29, 1.82) is 0 Å². The molecule has 0 fully saturated rings. The first-order chi connectivity index (χ1) is 4.12. The summed E-state index contributed by atoms with van der Waals surface area (Å²) in [6, 6.07) is 0. The number of hydrogen-bond acceptors (Lipinski definition) is 0. The predicted octanol–water partition coefficient (Wildman–Crippen LogP) is 2.49. The van der Waals surface area contributed by atoms with Gasteiger partial charge in [-0.1, -0.05) is 27.2 Å². The Bertz CT molecular complexity index is 59.0. The summed E-state index contributed by atoms with van der Waals surface area (Å²) in [5, 5.41) is 0. The molecule has 0 aromatic rings. The first-order valence-corrected chi connectivity index (χ1v) is 3.77. The van der Waals surface area contributed by atoms with E-state index in [1.54, 1.807) is 0 Å². The standard InChI is InChI=1S/C8H18N/c1-4-5-8(2,3)6-7-9/h9H,4-7H2,1-3H3. The molecule has 0 aliphatic heterocycles. The van der Waals surface area contributed by atoms with Crippen LogP contribution in [0.2, 0.25) is 0 Å². The molecule has 0 saturated heterocycles. The zero-order valence-electron chi connectivity index (χ0n) is 6.83. The quantitative estimate of drug-likeness (QED) is 0.555. The second-order valence-corrected chi connectivity index (χ2v) is 3.41. The van der Waals surface area contributed by atoms with Crippen molar-refractivity contribution in [3.8, 4) is 0 Å². The summed E-state index contributed by atoms with van der Waals surface area (Å²) in [5.74, 6) is 0. The van der Waals surface area contributed by atoms with Crippen LogP contribution in [-0.4, -0.2) is 6.54 Å². The van der Waals surface area contributed by atoms with Crippen LogP contribution in [-0.2, 0) is 0 Å². The summed E-state index contributed by atoms with van der Waals surface area (Å²) in [5.41, 5.74) is 7.45. The highest BCUT2D eigenvalue weighted by Gasteiger charge is 2.14. The maximum absolute atomic E-state index is 7.04. The van der Waals surface area contributed by atoms with E-state index in [0.29, 0.717) is 12.0 Å². The summed E-state index contributed by atoms with van der Waals surface area (Å²) >= 11 is 0. The van der Waals surface area contributed by atoms with Gasteiger partial charge in [0.15, 0.2) is 0 Å². The molecule has 0 aromatic heterocycles. The lowest BCUT2D eigenvalue weighted by Crippen LogP contribution is -2.12. The Balaban J connectivity index is 3.43. The van der Waals surface area contributed by atoms with Crippen molar-refractivity contribution in [1.82, 2.24) is 5.73 Å². The molecule has 1 nitrogen and oxygen atoms in total. The fraction of sp³-hybridized carbons (Fsp3) is 1.00. The van der Waals surface area contributed by atoms with Gasteiger partial charge in [-0.25, -0.2) is 0 Å². The van der Waals surface area contributed by atoms with Gasteiger partial charge < -0.3 is 0 Å². The van der Waals surface area contributed by atoms with Gasteiger partial charge in [0.05, 0.1) is 0 Å². The highest BCUT2D eigenvalue weighted by Crippen LogP contribution is 2.25. The van der Waals surface area contributed by atoms with Crippen molar-refractivity contribution in [2.45, 2.75) is 40.0 Å². The van der Waals surface area contributed by atoms with Crippen molar-refractivity contribution in [2.24, 2.45) is 5.41 Å². The second-order valence-electron chi connectivity index (χ2n) is 3.41. The molecule has 0 aromatic carbocycles. The Morgan fingerprint density at radius 2 is 1.78 bits per heavy atom. The van der Waals surface area contributed by atoms with Crippen molar-refractivity contribution in [2.75, 3.05) is 6.54 Å². The molecule has 0 aliphatic carbocycles. The zero-order valence-corrected chi connectivity index (χ0v) is 6.83. The highest BCUT2D eigenvalue weighted by atomic mass is 14.5. The molecule has 0 saturated carbocycles. The average Bonchev–Trinajstić information content (AvgIpc) is 1.64. The van der Waals surface area contributed by atoms with E-state index in [1.165, 1.54) is 12.8 Å². The predicted molar refractivity (Wildman–Crippen MR) is 41.3 cm³/mol.